The number of nitrogens with one attached hydrogen (secondary N) is 3. The summed E-state index contributed by atoms with van der Waals surface area (Å²) in [5, 5.41) is 33.9. The number of carboxylic acid groups (broad SMARTS) is 2. The zero-order valence-electron chi connectivity index (χ0n) is 17.2. The van der Waals surface area contributed by atoms with Crippen molar-refractivity contribution in [2.24, 2.45) is 17.4 Å². The summed E-state index contributed by atoms with van der Waals surface area (Å²) in [6, 6.07) is -6.04. The van der Waals surface area contributed by atoms with Gasteiger partial charge in [0.1, 0.15) is 18.1 Å². The minimum Gasteiger partial charge on any atom is -0.481 e. The molecule has 0 rings (SSSR count). The molecule has 14 nitrogen and oxygen atoms in total. The van der Waals surface area contributed by atoms with Crippen molar-refractivity contribution in [3.05, 3.63) is 0 Å². The summed E-state index contributed by atoms with van der Waals surface area (Å²) in [5.41, 5.74) is 10.4. The van der Waals surface area contributed by atoms with Crippen molar-refractivity contribution >= 4 is 35.6 Å². The minimum atomic E-state index is -1.69. The molecule has 176 valence electrons. The van der Waals surface area contributed by atoms with E-state index in [0.717, 1.165) is 0 Å². The molecule has 0 radical (unpaired) electrons. The number of carboxylic acids is 2. The fraction of sp³-hybridized carbons (Fsp3) is 0.647. The number of carbonyl (C=O) groups is 6. The first kappa shape index (κ1) is 27.7. The number of rotatable bonds is 14. The molecule has 0 aliphatic carbocycles. The Hall–Kier alpha value is -3.26. The molecule has 0 aromatic carbocycles. The van der Waals surface area contributed by atoms with Crippen LogP contribution in [0.2, 0.25) is 0 Å². The molecule has 0 bridgehead atoms. The Morgan fingerprint density at radius 2 is 1.39 bits per heavy atom. The Morgan fingerprint density at radius 3 is 1.81 bits per heavy atom. The van der Waals surface area contributed by atoms with Gasteiger partial charge in [-0.15, -0.1) is 0 Å². The lowest BCUT2D eigenvalue weighted by atomic mass is 9.98. The van der Waals surface area contributed by atoms with Crippen molar-refractivity contribution in [3.8, 4) is 0 Å². The third kappa shape index (κ3) is 9.86. The third-order valence-corrected chi connectivity index (χ3v) is 4.36. The van der Waals surface area contributed by atoms with Crippen LogP contribution in [-0.2, 0) is 28.8 Å². The van der Waals surface area contributed by atoms with Crippen molar-refractivity contribution in [2.45, 2.75) is 57.3 Å². The molecule has 5 atom stereocenters. The van der Waals surface area contributed by atoms with E-state index in [1.165, 1.54) is 0 Å². The zero-order chi connectivity index (χ0) is 24.3. The van der Waals surface area contributed by atoms with Gasteiger partial charge in [-0.3, -0.25) is 24.0 Å². The van der Waals surface area contributed by atoms with Crippen LogP contribution in [0.15, 0.2) is 0 Å². The summed E-state index contributed by atoms with van der Waals surface area (Å²) in [7, 11) is 0. The van der Waals surface area contributed by atoms with Gasteiger partial charge in [-0.25, -0.2) is 4.79 Å². The molecule has 0 aromatic rings. The van der Waals surface area contributed by atoms with E-state index in [9.17, 15) is 39.0 Å². The number of hydrogen-bond donors (Lipinski definition) is 8. The SMILES string of the molecule is CCC(C)C(NC(=O)C(CC(=O)O)NC(=O)C(CO)NC(=O)C(N)CC(N)=O)C(=O)O. The Balaban J connectivity index is 5.34. The molecule has 0 saturated heterocycles. The van der Waals surface area contributed by atoms with Crippen LogP contribution in [0, 0.1) is 5.92 Å². The van der Waals surface area contributed by atoms with E-state index in [-0.39, 0.29) is 0 Å². The molecule has 14 heteroatoms. The van der Waals surface area contributed by atoms with Crippen molar-refractivity contribution < 1.29 is 44.1 Å². The maximum absolute atomic E-state index is 12.4. The standard InChI is InChI=1S/C17H29N5O9/c1-3-7(2)13(17(30)31)22-15(28)9(5-12(25)26)20-16(29)10(6-23)21-14(27)8(18)4-11(19)24/h7-10,13,23H,3-6,18H2,1-2H3,(H2,19,24)(H,20,29)(H,21,27)(H,22,28)(H,25,26)(H,30,31). The molecule has 4 amide bonds. The van der Waals surface area contributed by atoms with Gasteiger partial charge in [-0.2, -0.15) is 0 Å². The number of primary amides is 1. The quantitative estimate of drug-likeness (QED) is 0.129. The second-order valence-electron chi connectivity index (χ2n) is 6.89. The average molecular weight is 447 g/mol. The lowest BCUT2D eigenvalue weighted by molar-refractivity contribution is -0.144. The summed E-state index contributed by atoms with van der Waals surface area (Å²) < 4.78 is 0. The van der Waals surface area contributed by atoms with Crippen LogP contribution >= 0.6 is 0 Å². The summed E-state index contributed by atoms with van der Waals surface area (Å²) in [6.07, 6.45) is -1.02. The van der Waals surface area contributed by atoms with Crippen molar-refractivity contribution in [1.82, 2.24) is 16.0 Å². The second-order valence-corrected chi connectivity index (χ2v) is 6.89. The highest BCUT2D eigenvalue weighted by Gasteiger charge is 2.33. The highest BCUT2D eigenvalue weighted by Crippen LogP contribution is 2.09. The van der Waals surface area contributed by atoms with Crippen molar-refractivity contribution in [2.75, 3.05) is 6.61 Å². The molecule has 0 fully saturated rings. The molecular formula is C17H29N5O9. The molecule has 0 aliphatic rings. The highest BCUT2D eigenvalue weighted by atomic mass is 16.4. The van der Waals surface area contributed by atoms with E-state index >= 15 is 0 Å². The van der Waals surface area contributed by atoms with Gasteiger partial charge in [0.25, 0.3) is 0 Å². The summed E-state index contributed by atoms with van der Waals surface area (Å²) in [5.74, 6) is -7.36. The first-order valence-corrected chi connectivity index (χ1v) is 9.34. The fourth-order valence-corrected chi connectivity index (χ4v) is 2.38. The van der Waals surface area contributed by atoms with Gasteiger partial charge in [0.05, 0.1) is 25.5 Å². The van der Waals surface area contributed by atoms with Crippen LogP contribution in [0.1, 0.15) is 33.1 Å². The van der Waals surface area contributed by atoms with Crippen LogP contribution in [0.4, 0.5) is 0 Å². The monoisotopic (exact) mass is 447 g/mol. The van der Waals surface area contributed by atoms with Crippen LogP contribution in [0.3, 0.4) is 0 Å². The van der Waals surface area contributed by atoms with Crippen molar-refractivity contribution in [3.63, 3.8) is 0 Å². The van der Waals surface area contributed by atoms with Gasteiger partial charge in [-0.05, 0) is 5.92 Å². The van der Waals surface area contributed by atoms with Gasteiger partial charge < -0.3 is 42.7 Å². The van der Waals surface area contributed by atoms with E-state index in [0.29, 0.717) is 6.42 Å². The van der Waals surface area contributed by atoms with Gasteiger partial charge in [0.15, 0.2) is 0 Å². The van der Waals surface area contributed by atoms with Gasteiger partial charge in [0.2, 0.25) is 23.6 Å². The molecule has 0 saturated carbocycles. The number of aliphatic hydroxyl groups excluding tert-OH is 1. The van der Waals surface area contributed by atoms with Gasteiger partial charge in [-0.1, -0.05) is 20.3 Å². The van der Waals surface area contributed by atoms with Crippen LogP contribution in [0.25, 0.3) is 0 Å². The van der Waals surface area contributed by atoms with E-state index in [4.69, 9.17) is 16.6 Å². The van der Waals surface area contributed by atoms with Crippen LogP contribution in [-0.4, -0.2) is 81.7 Å². The molecule has 0 spiro atoms. The molecule has 10 N–H and O–H groups in total. The molecule has 0 aromatic heterocycles. The maximum atomic E-state index is 12.4. The fourth-order valence-electron chi connectivity index (χ4n) is 2.38. The summed E-state index contributed by atoms with van der Waals surface area (Å²) in [6.45, 7) is 2.32. The number of aliphatic carboxylic acids is 2. The summed E-state index contributed by atoms with van der Waals surface area (Å²) >= 11 is 0. The lowest BCUT2D eigenvalue weighted by Gasteiger charge is -2.25. The normalized spacial score (nSPS) is 15.5. The Morgan fingerprint density at radius 1 is 0.871 bits per heavy atom. The molecular weight excluding hydrogens is 418 g/mol. The van der Waals surface area contributed by atoms with E-state index in [1.54, 1.807) is 13.8 Å². The third-order valence-electron chi connectivity index (χ3n) is 4.36. The van der Waals surface area contributed by atoms with Crippen molar-refractivity contribution in [1.29, 1.82) is 0 Å². The Bertz CT molecular complexity index is 699. The maximum Gasteiger partial charge on any atom is 0.326 e. The average Bonchev–Trinajstić information content (AvgIpc) is 2.67. The van der Waals surface area contributed by atoms with Gasteiger partial charge in [0, 0.05) is 0 Å². The smallest absolute Gasteiger partial charge is 0.326 e. The van der Waals surface area contributed by atoms with E-state index in [1.807, 2.05) is 5.32 Å². The topological polar surface area (TPSA) is 251 Å². The Kier molecular flexibility index (Phi) is 11.7. The molecule has 31 heavy (non-hydrogen) atoms. The first-order chi connectivity index (χ1) is 14.3. The predicted molar refractivity (Wildman–Crippen MR) is 104 cm³/mol. The minimum absolute atomic E-state index is 0.400. The van der Waals surface area contributed by atoms with E-state index < -0.39 is 85.1 Å². The van der Waals surface area contributed by atoms with Gasteiger partial charge >= 0.3 is 11.9 Å². The number of nitrogens with two attached hydrogens (primary N) is 2. The lowest BCUT2D eigenvalue weighted by Crippen LogP contribution is -2.59. The molecule has 5 unspecified atom stereocenters. The predicted octanol–water partition coefficient (Wildman–Crippen LogP) is -3.76. The van der Waals surface area contributed by atoms with E-state index in [2.05, 4.69) is 10.6 Å². The molecule has 0 aliphatic heterocycles. The summed E-state index contributed by atoms with van der Waals surface area (Å²) in [4.78, 5) is 70.0. The Labute approximate surface area is 177 Å². The largest absolute Gasteiger partial charge is 0.481 e. The number of aliphatic hydroxyl groups is 1. The highest BCUT2D eigenvalue weighted by molar-refractivity contribution is 5.96. The number of amides is 4. The zero-order valence-corrected chi connectivity index (χ0v) is 17.2. The van der Waals surface area contributed by atoms with Crippen LogP contribution in [0.5, 0.6) is 0 Å². The number of hydrogen-bond acceptors (Lipinski definition) is 8. The van der Waals surface area contributed by atoms with Crippen LogP contribution < -0.4 is 27.4 Å². The first-order valence-electron chi connectivity index (χ1n) is 9.34. The molecule has 0 heterocycles. The second kappa shape index (κ2) is 13.1. The number of carbonyl (C=O) groups excluding carboxylic acids is 4.